The maximum Gasteiger partial charge on any atom is 0.306 e. The van der Waals surface area contributed by atoms with Gasteiger partial charge in [-0.3, -0.25) is 14.6 Å². The second kappa shape index (κ2) is 6.13. The highest BCUT2D eigenvalue weighted by Crippen LogP contribution is 2.31. The van der Waals surface area contributed by atoms with Gasteiger partial charge < -0.3 is 10.4 Å². The topological polar surface area (TPSA) is 79.3 Å². The summed E-state index contributed by atoms with van der Waals surface area (Å²) in [4.78, 5) is 27.4. The fraction of sp³-hybridized carbons (Fsp3) is 0.353. The quantitative estimate of drug-likeness (QED) is 0.908. The number of carboxylic acid groups (broad SMARTS) is 1. The predicted molar refractivity (Wildman–Crippen MR) is 82.1 cm³/mol. The first-order valence-electron chi connectivity index (χ1n) is 7.47. The average Bonchev–Trinajstić information content (AvgIpc) is 3.03. The molecule has 1 aromatic heterocycles. The van der Waals surface area contributed by atoms with Gasteiger partial charge in [0.05, 0.1) is 11.4 Å². The number of nitrogens with one attached hydrogen (secondary N) is 1. The average molecular weight is 298 g/mol. The van der Waals surface area contributed by atoms with Crippen molar-refractivity contribution in [2.45, 2.75) is 25.8 Å². The number of aliphatic carboxylic acids is 1. The van der Waals surface area contributed by atoms with E-state index in [4.69, 9.17) is 5.11 Å². The highest BCUT2D eigenvalue weighted by molar-refractivity contribution is 5.81. The molecule has 5 heteroatoms. The first kappa shape index (κ1) is 14.5. The van der Waals surface area contributed by atoms with E-state index in [0.717, 1.165) is 16.5 Å². The normalized spacial score (nSPS) is 20.9. The summed E-state index contributed by atoms with van der Waals surface area (Å²) in [6, 6.07) is 9.84. The van der Waals surface area contributed by atoms with Gasteiger partial charge in [0.25, 0.3) is 0 Å². The summed E-state index contributed by atoms with van der Waals surface area (Å²) in [5, 5.41) is 12.9. The molecule has 1 amide bonds. The number of rotatable bonds is 4. The monoisotopic (exact) mass is 298 g/mol. The molecule has 1 aliphatic rings. The number of amides is 1. The molecule has 2 N–H and O–H groups in total. The van der Waals surface area contributed by atoms with Gasteiger partial charge in [-0.2, -0.15) is 0 Å². The Morgan fingerprint density at radius 1 is 1.23 bits per heavy atom. The fourth-order valence-electron chi connectivity index (χ4n) is 2.99. The molecule has 0 radical (unpaired) electrons. The summed E-state index contributed by atoms with van der Waals surface area (Å²) in [5.74, 6) is -1.42. The third kappa shape index (κ3) is 3.08. The summed E-state index contributed by atoms with van der Waals surface area (Å²) in [6.07, 6.45) is 3.44. The van der Waals surface area contributed by atoms with Gasteiger partial charge in [-0.15, -0.1) is 0 Å². The van der Waals surface area contributed by atoms with E-state index in [-0.39, 0.29) is 17.7 Å². The van der Waals surface area contributed by atoms with Crippen LogP contribution in [0.4, 0.5) is 0 Å². The number of para-hydroxylation sites is 1. The van der Waals surface area contributed by atoms with Crippen LogP contribution in [0.25, 0.3) is 10.9 Å². The van der Waals surface area contributed by atoms with E-state index in [1.165, 1.54) is 0 Å². The number of carboxylic acids is 1. The fourth-order valence-corrected chi connectivity index (χ4v) is 2.99. The van der Waals surface area contributed by atoms with Crippen LogP contribution in [0.1, 0.15) is 24.8 Å². The van der Waals surface area contributed by atoms with Gasteiger partial charge in [-0.25, -0.2) is 0 Å². The van der Waals surface area contributed by atoms with E-state index in [0.29, 0.717) is 25.8 Å². The van der Waals surface area contributed by atoms with Crippen molar-refractivity contribution < 1.29 is 14.7 Å². The lowest BCUT2D eigenvalue weighted by Crippen LogP contribution is -2.29. The van der Waals surface area contributed by atoms with Gasteiger partial charge in [-0.1, -0.05) is 18.2 Å². The van der Waals surface area contributed by atoms with Crippen LogP contribution < -0.4 is 5.32 Å². The number of nitrogens with zero attached hydrogens (tertiary/aromatic N) is 1. The molecule has 1 aliphatic carbocycles. The Kier molecular flexibility index (Phi) is 4.04. The Balaban J connectivity index is 1.59. The maximum atomic E-state index is 12.1. The van der Waals surface area contributed by atoms with Gasteiger partial charge in [-0.05, 0) is 37.0 Å². The molecule has 2 atom stereocenters. The molecular formula is C17H18N2O3. The predicted octanol–water partition coefficient (Wildman–Crippen LogP) is 2.35. The Morgan fingerprint density at radius 2 is 2.00 bits per heavy atom. The van der Waals surface area contributed by atoms with E-state index in [1.807, 2.05) is 30.3 Å². The van der Waals surface area contributed by atoms with Gasteiger partial charge in [0, 0.05) is 24.0 Å². The molecule has 1 saturated carbocycles. The summed E-state index contributed by atoms with van der Waals surface area (Å²) in [6.45, 7) is 0.422. The number of carbonyl (C=O) groups excluding carboxylic acids is 1. The van der Waals surface area contributed by atoms with Crippen molar-refractivity contribution in [2.75, 3.05) is 0 Å². The standard InChI is InChI=1S/C17H18N2O3/c20-16(13-5-6-14(8-13)17(21)22)19-10-11-7-12-3-1-2-4-15(12)18-9-11/h1-4,7,9,13-14H,5-6,8,10H2,(H,19,20)(H,21,22)/t13-,14+/m0/s1. The molecular weight excluding hydrogens is 280 g/mol. The van der Waals surface area contributed by atoms with Crippen LogP contribution in [0, 0.1) is 11.8 Å². The largest absolute Gasteiger partial charge is 0.481 e. The molecule has 114 valence electrons. The van der Waals surface area contributed by atoms with Crippen molar-refractivity contribution in [2.24, 2.45) is 11.8 Å². The minimum atomic E-state index is -0.797. The lowest BCUT2D eigenvalue weighted by Gasteiger charge is -2.11. The minimum absolute atomic E-state index is 0.0584. The third-order valence-corrected chi connectivity index (χ3v) is 4.27. The Labute approximate surface area is 128 Å². The Morgan fingerprint density at radius 3 is 2.77 bits per heavy atom. The molecule has 1 fully saturated rings. The van der Waals surface area contributed by atoms with Crippen LogP contribution in [0.3, 0.4) is 0 Å². The smallest absolute Gasteiger partial charge is 0.306 e. The molecule has 0 aliphatic heterocycles. The summed E-state index contributed by atoms with van der Waals surface area (Å²) in [5.41, 5.74) is 1.87. The number of aromatic nitrogens is 1. The zero-order valence-corrected chi connectivity index (χ0v) is 12.2. The van der Waals surface area contributed by atoms with E-state index >= 15 is 0 Å². The molecule has 0 spiro atoms. The third-order valence-electron chi connectivity index (χ3n) is 4.27. The lowest BCUT2D eigenvalue weighted by atomic mass is 10.0. The molecule has 22 heavy (non-hydrogen) atoms. The molecule has 0 bridgehead atoms. The van der Waals surface area contributed by atoms with Gasteiger partial charge in [0.1, 0.15) is 0 Å². The zero-order valence-electron chi connectivity index (χ0n) is 12.2. The van der Waals surface area contributed by atoms with Gasteiger partial charge >= 0.3 is 5.97 Å². The SMILES string of the molecule is O=C(O)[C@@H]1CC[C@H](C(=O)NCc2cnc3ccccc3c2)C1. The minimum Gasteiger partial charge on any atom is -0.481 e. The molecule has 0 saturated heterocycles. The molecule has 0 unspecified atom stereocenters. The van der Waals surface area contributed by atoms with E-state index in [9.17, 15) is 9.59 Å². The van der Waals surface area contributed by atoms with Crippen molar-refractivity contribution in [3.8, 4) is 0 Å². The summed E-state index contributed by atoms with van der Waals surface area (Å²) in [7, 11) is 0. The van der Waals surface area contributed by atoms with Crippen molar-refractivity contribution in [1.29, 1.82) is 0 Å². The number of pyridine rings is 1. The van der Waals surface area contributed by atoms with Crippen molar-refractivity contribution in [3.63, 3.8) is 0 Å². The second-order valence-electron chi connectivity index (χ2n) is 5.80. The summed E-state index contributed by atoms with van der Waals surface area (Å²) >= 11 is 0. The van der Waals surface area contributed by atoms with E-state index in [1.54, 1.807) is 6.20 Å². The Hall–Kier alpha value is -2.43. The maximum absolute atomic E-state index is 12.1. The first-order chi connectivity index (χ1) is 10.6. The van der Waals surface area contributed by atoms with Crippen LogP contribution in [0.15, 0.2) is 36.5 Å². The lowest BCUT2D eigenvalue weighted by molar-refractivity contribution is -0.141. The Bertz CT molecular complexity index is 714. The number of hydrogen-bond acceptors (Lipinski definition) is 3. The second-order valence-corrected chi connectivity index (χ2v) is 5.80. The van der Waals surface area contributed by atoms with E-state index in [2.05, 4.69) is 10.3 Å². The van der Waals surface area contributed by atoms with Gasteiger partial charge in [0.15, 0.2) is 0 Å². The molecule has 2 aromatic rings. The number of fused-ring (bicyclic) bond motifs is 1. The highest BCUT2D eigenvalue weighted by Gasteiger charge is 2.33. The van der Waals surface area contributed by atoms with Crippen LogP contribution in [0.5, 0.6) is 0 Å². The van der Waals surface area contributed by atoms with Crippen LogP contribution >= 0.6 is 0 Å². The molecule has 1 heterocycles. The zero-order chi connectivity index (χ0) is 15.5. The number of benzene rings is 1. The molecule has 5 nitrogen and oxygen atoms in total. The molecule has 3 rings (SSSR count). The van der Waals surface area contributed by atoms with E-state index < -0.39 is 5.97 Å². The number of hydrogen-bond donors (Lipinski definition) is 2. The van der Waals surface area contributed by atoms with Gasteiger partial charge in [0.2, 0.25) is 5.91 Å². The van der Waals surface area contributed by atoms with Crippen LogP contribution in [-0.4, -0.2) is 22.0 Å². The highest BCUT2D eigenvalue weighted by atomic mass is 16.4. The number of carbonyl (C=O) groups is 2. The molecule has 1 aromatic carbocycles. The van der Waals surface area contributed by atoms with Crippen LogP contribution in [-0.2, 0) is 16.1 Å². The summed E-state index contributed by atoms with van der Waals surface area (Å²) < 4.78 is 0. The van der Waals surface area contributed by atoms with Crippen molar-refractivity contribution >= 4 is 22.8 Å². The van der Waals surface area contributed by atoms with Crippen LogP contribution in [0.2, 0.25) is 0 Å². The first-order valence-corrected chi connectivity index (χ1v) is 7.47. The van der Waals surface area contributed by atoms with Crippen molar-refractivity contribution in [3.05, 3.63) is 42.1 Å². The van der Waals surface area contributed by atoms with Crippen molar-refractivity contribution in [1.82, 2.24) is 10.3 Å².